The summed E-state index contributed by atoms with van der Waals surface area (Å²) in [5.41, 5.74) is 3.72. The largest absolute Gasteiger partial charge is 0.346 e. The molecule has 1 aliphatic carbocycles. The quantitative estimate of drug-likeness (QED) is 0.263. The lowest BCUT2D eigenvalue weighted by Crippen LogP contribution is -2.43. The zero-order valence-corrected chi connectivity index (χ0v) is 23.1. The average molecular weight is 543 g/mol. The van der Waals surface area contributed by atoms with Crippen LogP contribution in [-0.2, 0) is 29.1 Å². The van der Waals surface area contributed by atoms with Crippen molar-refractivity contribution in [2.24, 2.45) is 0 Å². The molecule has 1 fully saturated rings. The molecule has 1 atom stereocenters. The highest BCUT2D eigenvalue weighted by Crippen LogP contribution is 2.26. The molecule has 5 rings (SSSR count). The summed E-state index contributed by atoms with van der Waals surface area (Å²) in [6.07, 6.45) is 5.85. The summed E-state index contributed by atoms with van der Waals surface area (Å²) in [4.78, 5) is 33.8. The van der Waals surface area contributed by atoms with Crippen LogP contribution in [0.4, 0.5) is 0 Å². The van der Waals surface area contributed by atoms with Crippen LogP contribution >= 0.6 is 11.6 Å². The molecule has 1 unspecified atom stereocenters. The summed E-state index contributed by atoms with van der Waals surface area (Å²) < 4.78 is 1.98. The molecule has 0 spiro atoms. The number of imidazole rings is 1. The first kappa shape index (κ1) is 26.9. The van der Waals surface area contributed by atoms with Gasteiger partial charge < -0.3 is 14.8 Å². The van der Waals surface area contributed by atoms with E-state index in [9.17, 15) is 9.59 Å². The number of benzene rings is 3. The van der Waals surface area contributed by atoms with E-state index in [-0.39, 0.29) is 36.9 Å². The molecule has 1 heterocycles. The fourth-order valence-electron chi connectivity index (χ4n) is 5.56. The van der Waals surface area contributed by atoms with Gasteiger partial charge in [-0.15, -0.1) is 0 Å². The molecule has 0 bridgehead atoms. The van der Waals surface area contributed by atoms with E-state index in [0.717, 1.165) is 47.8 Å². The van der Waals surface area contributed by atoms with E-state index in [1.807, 2.05) is 66.1 Å². The summed E-state index contributed by atoms with van der Waals surface area (Å²) >= 11 is 5.98. The molecule has 0 saturated heterocycles. The van der Waals surface area contributed by atoms with Crippen LogP contribution in [0.1, 0.15) is 62.0 Å². The van der Waals surface area contributed by atoms with Crippen molar-refractivity contribution < 1.29 is 9.59 Å². The van der Waals surface area contributed by atoms with Crippen LogP contribution in [0.25, 0.3) is 11.0 Å². The molecule has 1 aliphatic rings. The van der Waals surface area contributed by atoms with Crippen molar-refractivity contribution in [1.82, 2.24) is 19.8 Å². The molecule has 0 aliphatic heterocycles. The van der Waals surface area contributed by atoms with E-state index in [0.29, 0.717) is 17.4 Å². The first-order valence-corrected chi connectivity index (χ1v) is 14.2. The van der Waals surface area contributed by atoms with Gasteiger partial charge in [0.25, 0.3) is 0 Å². The lowest BCUT2D eigenvalue weighted by atomic mass is 9.93. The number of aromatic nitrogens is 2. The molecule has 1 aromatic heterocycles. The van der Waals surface area contributed by atoms with E-state index >= 15 is 0 Å². The Hall–Kier alpha value is -3.64. The third kappa shape index (κ3) is 6.69. The zero-order valence-electron chi connectivity index (χ0n) is 22.4. The first-order valence-electron chi connectivity index (χ1n) is 13.8. The second-order valence-electron chi connectivity index (χ2n) is 10.4. The molecule has 3 aromatic carbocycles. The lowest BCUT2D eigenvalue weighted by Gasteiger charge is -2.35. The molecule has 2 amide bonds. The number of rotatable bonds is 9. The SMILES string of the molecule is CC(NC(=O)Cc1ccc(Cl)cc1)c1nc2ccccc2n1CC(=O)N(Cc1ccccc1)C1CCCCC1. The lowest BCUT2D eigenvalue weighted by molar-refractivity contribution is -0.135. The van der Waals surface area contributed by atoms with Crippen LogP contribution in [-0.4, -0.2) is 32.3 Å². The number of fused-ring (bicyclic) bond motifs is 1. The molecule has 39 heavy (non-hydrogen) atoms. The second kappa shape index (κ2) is 12.5. The predicted molar refractivity (Wildman–Crippen MR) is 155 cm³/mol. The van der Waals surface area contributed by atoms with E-state index in [1.54, 1.807) is 12.1 Å². The van der Waals surface area contributed by atoms with Crippen LogP contribution in [0.15, 0.2) is 78.9 Å². The van der Waals surface area contributed by atoms with Gasteiger partial charge in [0.15, 0.2) is 0 Å². The Morgan fingerprint density at radius 3 is 2.38 bits per heavy atom. The topological polar surface area (TPSA) is 67.2 Å². The standard InChI is InChI=1S/C32H35ClN4O2/c1-23(34-30(38)20-24-16-18-26(33)19-17-24)32-35-28-14-8-9-15-29(28)37(32)22-31(39)36(27-12-6-3-7-13-27)21-25-10-4-2-5-11-25/h2,4-5,8-11,14-19,23,27H,3,6-7,12-13,20-22H2,1H3,(H,34,38). The summed E-state index contributed by atoms with van der Waals surface area (Å²) in [6.45, 7) is 2.70. The summed E-state index contributed by atoms with van der Waals surface area (Å²) in [7, 11) is 0. The minimum atomic E-state index is -0.373. The van der Waals surface area contributed by atoms with Crippen molar-refractivity contribution in [2.75, 3.05) is 0 Å². The van der Waals surface area contributed by atoms with Gasteiger partial charge >= 0.3 is 0 Å². The monoisotopic (exact) mass is 542 g/mol. The molecule has 202 valence electrons. The molecule has 0 radical (unpaired) electrons. The molecule has 1 saturated carbocycles. The van der Waals surface area contributed by atoms with E-state index in [4.69, 9.17) is 16.6 Å². The number of nitrogens with one attached hydrogen (secondary N) is 1. The molecular weight excluding hydrogens is 508 g/mol. The fraction of sp³-hybridized carbons (Fsp3) is 0.344. The van der Waals surface area contributed by atoms with Gasteiger partial charge in [0.1, 0.15) is 12.4 Å². The molecule has 6 nitrogen and oxygen atoms in total. The number of hydrogen-bond donors (Lipinski definition) is 1. The molecule has 4 aromatic rings. The van der Waals surface area contributed by atoms with Gasteiger partial charge in [-0.1, -0.05) is 85.5 Å². The van der Waals surface area contributed by atoms with Crippen LogP contribution in [0.2, 0.25) is 5.02 Å². The molecule has 7 heteroatoms. The number of carbonyl (C=O) groups is 2. The maximum atomic E-state index is 14.0. The summed E-state index contributed by atoms with van der Waals surface area (Å²) in [6, 6.07) is 25.2. The van der Waals surface area contributed by atoms with Gasteiger partial charge in [-0.2, -0.15) is 0 Å². The minimum Gasteiger partial charge on any atom is -0.346 e. The number of amides is 2. The highest BCUT2D eigenvalue weighted by Gasteiger charge is 2.28. The Kier molecular flexibility index (Phi) is 8.62. The Morgan fingerprint density at radius 1 is 0.949 bits per heavy atom. The van der Waals surface area contributed by atoms with Crippen molar-refractivity contribution in [3.05, 3.63) is 101 Å². The first-order chi connectivity index (χ1) is 19.0. The minimum absolute atomic E-state index is 0.0786. The third-order valence-electron chi connectivity index (χ3n) is 7.55. The number of hydrogen-bond acceptors (Lipinski definition) is 3. The van der Waals surface area contributed by atoms with Gasteiger partial charge in [0.05, 0.1) is 23.5 Å². The summed E-state index contributed by atoms with van der Waals surface area (Å²) in [5.74, 6) is 0.648. The maximum absolute atomic E-state index is 14.0. The number of para-hydroxylation sites is 2. The van der Waals surface area contributed by atoms with Gasteiger partial charge in [0.2, 0.25) is 11.8 Å². The number of nitrogens with zero attached hydrogens (tertiary/aromatic N) is 3. The smallest absolute Gasteiger partial charge is 0.243 e. The van der Waals surface area contributed by atoms with Gasteiger partial charge in [0, 0.05) is 17.6 Å². The van der Waals surface area contributed by atoms with E-state index in [2.05, 4.69) is 22.3 Å². The van der Waals surface area contributed by atoms with Crippen molar-refractivity contribution in [2.45, 2.75) is 70.6 Å². The second-order valence-corrected chi connectivity index (χ2v) is 10.9. The Bertz CT molecular complexity index is 1410. The molecule has 1 N–H and O–H groups in total. The van der Waals surface area contributed by atoms with E-state index in [1.165, 1.54) is 6.42 Å². The van der Waals surface area contributed by atoms with Crippen LogP contribution in [0.5, 0.6) is 0 Å². The Balaban J connectivity index is 1.38. The van der Waals surface area contributed by atoms with Gasteiger partial charge in [-0.3, -0.25) is 9.59 Å². The fourth-order valence-corrected chi connectivity index (χ4v) is 5.68. The highest BCUT2D eigenvalue weighted by molar-refractivity contribution is 6.30. The van der Waals surface area contributed by atoms with Crippen LogP contribution in [0.3, 0.4) is 0 Å². The number of halogens is 1. The van der Waals surface area contributed by atoms with Gasteiger partial charge in [-0.25, -0.2) is 4.98 Å². The Morgan fingerprint density at radius 2 is 1.64 bits per heavy atom. The van der Waals surface area contributed by atoms with Crippen molar-refractivity contribution in [3.63, 3.8) is 0 Å². The normalized spacial score (nSPS) is 14.7. The van der Waals surface area contributed by atoms with Gasteiger partial charge in [-0.05, 0) is 55.2 Å². The number of carbonyl (C=O) groups excluding carboxylic acids is 2. The molecular formula is C32H35ClN4O2. The average Bonchev–Trinajstić information content (AvgIpc) is 3.32. The summed E-state index contributed by atoms with van der Waals surface area (Å²) in [5, 5.41) is 3.73. The Labute approximate surface area is 235 Å². The van der Waals surface area contributed by atoms with Crippen molar-refractivity contribution >= 4 is 34.4 Å². The van der Waals surface area contributed by atoms with Crippen molar-refractivity contribution in [1.29, 1.82) is 0 Å². The van der Waals surface area contributed by atoms with Crippen LogP contribution < -0.4 is 5.32 Å². The predicted octanol–water partition coefficient (Wildman–Crippen LogP) is 6.47. The van der Waals surface area contributed by atoms with Crippen LogP contribution in [0, 0.1) is 0 Å². The maximum Gasteiger partial charge on any atom is 0.243 e. The third-order valence-corrected chi connectivity index (χ3v) is 7.80. The zero-order chi connectivity index (χ0) is 27.2. The van der Waals surface area contributed by atoms with E-state index < -0.39 is 0 Å². The van der Waals surface area contributed by atoms with Crippen molar-refractivity contribution in [3.8, 4) is 0 Å². The highest BCUT2D eigenvalue weighted by atomic mass is 35.5.